The quantitative estimate of drug-likeness (QED) is 0.687. The minimum absolute atomic E-state index is 0.0979. The van der Waals surface area contributed by atoms with Crippen LogP contribution >= 0.6 is 22.9 Å². The Morgan fingerprint density at radius 2 is 2.14 bits per heavy atom. The highest BCUT2D eigenvalue weighted by Crippen LogP contribution is 2.32. The minimum atomic E-state index is -3.46. The Morgan fingerprint density at radius 1 is 1.38 bits per heavy atom. The molecule has 0 N–H and O–H groups in total. The first-order valence-electron chi connectivity index (χ1n) is 5.82. The van der Waals surface area contributed by atoms with Crippen molar-refractivity contribution in [2.75, 3.05) is 6.26 Å². The first kappa shape index (κ1) is 14.2. The van der Waals surface area contributed by atoms with Gasteiger partial charge in [0.15, 0.2) is 21.1 Å². The number of hydrogen-bond donors (Lipinski definition) is 0. The van der Waals surface area contributed by atoms with E-state index in [4.69, 9.17) is 11.6 Å². The van der Waals surface area contributed by atoms with Crippen LogP contribution in [-0.4, -0.2) is 30.3 Å². The molecule has 0 bridgehead atoms. The summed E-state index contributed by atoms with van der Waals surface area (Å²) in [5.41, 5.74) is 0.959. The van der Waals surface area contributed by atoms with E-state index in [1.165, 1.54) is 29.5 Å². The number of carbonyl (C=O) groups is 1. The van der Waals surface area contributed by atoms with Gasteiger partial charge in [0.1, 0.15) is 11.4 Å². The number of rotatable bonds is 3. The minimum Gasteiger partial charge on any atom is -0.296 e. The van der Waals surface area contributed by atoms with Gasteiger partial charge in [-0.3, -0.25) is 9.20 Å². The number of fused-ring (bicyclic) bond motifs is 1. The first-order chi connectivity index (χ1) is 9.91. The van der Waals surface area contributed by atoms with E-state index in [-0.39, 0.29) is 4.90 Å². The molecule has 3 aromatic rings. The number of halogens is 1. The molecule has 21 heavy (non-hydrogen) atoms. The lowest BCUT2D eigenvalue weighted by atomic mass is 10.1. The van der Waals surface area contributed by atoms with Crippen LogP contribution in [0.2, 0.25) is 5.02 Å². The maximum Gasteiger partial charge on any atom is 0.194 e. The monoisotopic (exact) mass is 340 g/mol. The summed E-state index contributed by atoms with van der Waals surface area (Å²) in [6.45, 7) is 0. The molecule has 108 valence electrons. The van der Waals surface area contributed by atoms with E-state index in [0.29, 0.717) is 33.2 Å². The number of aromatic nitrogens is 2. The molecule has 0 unspecified atom stereocenters. The van der Waals surface area contributed by atoms with E-state index in [2.05, 4.69) is 4.98 Å². The second kappa shape index (κ2) is 4.94. The van der Waals surface area contributed by atoms with Crippen molar-refractivity contribution in [3.63, 3.8) is 0 Å². The molecule has 2 heterocycles. The molecule has 0 saturated carbocycles. The van der Waals surface area contributed by atoms with Gasteiger partial charge in [-0.15, -0.1) is 11.3 Å². The lowest BCUT2D eigenvalue weighted by molar-refractivity contribution is 0.111. The Bertz CT molecular complexity index is 957. The third-order valence-electron chi connectivity index (χ3n) is 3.01. The lowest BCUT2D eigenvalue weighted by Gasteiger charge is -2.07. The van der Waals surface area contributed by atoms with Gasteiger partial charge in [0.25, 0.3) is 0 Å². The van der Waals surface area contributed by atoms with Crippen LogP contribution in [0.5, 0.6) is 0 Å². The van der Waals surface area contributed by atoms with Gasteiger partial charge in [-0.25, -0.2) is 13.4 Å². The van der Waals surface area contributed by atoms with Gasteiger partial charge in [0.05, 0.1) is 4.90 Å². The number of hydrogen-bond acceptors (Lipinski definition) is 5. The summed E-state index contributed by atoms with van der Waals surface area (Å²) in [6.07, 6.45) is 3.48. The van der Waals surface area contributed by atoms with Gasteiger partial charge >= 0.3 is 0 Å². The highest BCUT2D eigenvalue weighted by molar-refractivity contribution is 7.90. The summed E-state index contributed by atoms with van der Waals surface area (Å²) in [5, 5.41) is 2.18. The Labute approximate surface area is 129 Å². The zero-order valence-corrected chi connectivity index (χ0v) is 13.2. The lowest BCUT2D eigenvalue weighted by Crippen LogP contribution is -2.01. The summed E-state index contributed by atoms with van der Waals surface area (Å²) >= 11 is 7.33. The molecule has 0 radical (unpaired) electrons. The van der Waals surface area contributed by atoms with Crippen LogP contribution in [-0.2, 0) is 9.84 Å². The number of thiazole rings is 1. The predicted octanol–water partition coefficient (Wildman–Crippen LogP) is 2.93. The predicted molar refractivity (Wildman–Crippen MR) is 82.0 cm³/mol. The number of imidazole rings is 1. The maximum atomic E-state index is 11.9. The van der Waals surface area contributed by atoms with Crippen molar-refractivity contribution >= 4 is 44.0 Å². The molecule has 3 rings (SSSR count). The molecule has 0 aliphatic heterocycles. The molecule has 0 spiro atoms. The van der Waals surface area contributed by atoms with Crippen molar-refractivity contribution in [2.45, 2.75) is 4.90 Å². The Balaban J connectivity index is 2.39. The van der Waals surface area contributed by atoms with Gasteiger partial charge in [-0.1, -0.05) is 11.6 Å². The van der Waals surface area contributed by atoms with Gasteiger partial charge < -0.3 is 0 Å². The standard InChI is InChI=1S/C13H9ClN2O3S2/c1-21(18,19)11-3-2-8(14)6-9(11)12-10(7-17)16-4-5-20-13(16)15-12/h2-7H,1H3. The van der Waals surface area contributed by atoms with E-state index < -0.39 is 9.84 Å². The molecule has 0 aliphatic carbocycles. The van der Waals surface area contributed by atoms with E-state index in [1.807, 2.05) is 0 Å². The highest BCUT2D eigenvalue weighted by Gasteiger charge is 2.21. The second-order valence-electron chi connectivity index (χ2n) is 4.43. The van der Waals surface area contributed by atoms with Crippen molar-refractivity contribution < 1.29 is 13.2 Å². The zero-order valence-electron chi connectivity index (χ0n) is 10.8. The van der Waals surface area contributed by atoms with Gasteiger partial charge in [0, 0.05) is 28.4 Å². The molecular weight excluding hydrogens is 332 g/mol. The summed E-state index contributed by atoms with van der Waals surface area (Å²) < 4.78 is 25.5. The highest BCUT2D eigenvalue weighted by atomic mass is 35.5. The number of benzene rings is 1. The van der Waals surface area contributed by atoms with Gasteiger partial charge in [0.2, 0.25) is 0 Å². The van der Waals surface area contributed by atoms with Crippen LogP contribution < -0.4 is 0 Å². The molecule has 2 aromatic heterocycles. The van der Waals surface area contributed by atoms with Gasteiger partial charge in [-0.05, 0) is 18.2 Å². The molecule has 0 atom stereocenters. The van der Waals surface area contributed by atoms with E-state index in [0.717, 1.165) is 6.26 Å². The number of sulfone groups is 1. The molecule has 5 nitrogen and oxygen atoms in total. The van der Waals surface area contributed by atoms with Crippen LogP contribution in [0.25, 0.3) is 16.2 Å². The summed E-state index contributed by atoms with van der Waals surface area (Å²) in [4.78, 5) is 16.5. The van der Waals surface area contributed by atoms with Crippen molar-refractivity contribution in [2.24, 2.45) is 0 Å². The molecule has 0 aliphatic rings. The second-order valence-corrected chi connectivity index (χ2v) is 7.73. The molecule has 0 amide bonds. The van der Waals surface area contributed by atoms with Crippen LogP contribution in [0, 0.1) is 0 Å². The van der Waals surface area contributed by atoms with Gasteiger partial charge in [-0.2, -0.15) is 0 Å². The summed E-state index contributed by atoms with van der Waals surface area (Å²) in [5.74, 6) is 0. The van der Waals surface area contributed by atoms with Crippen molar-refractivity contribution in [3.05, 3.63) is 40.5 Å². The topological polar surface area (TPSA) is 68.5 Å². The molecule has 0 fully saturated rings. The van der Waals surface area contributed by atoms with E-state index >= 15 is 0 Å². The van der Waals surface area contributed by atoms with E-state index in [1.54, 1.807) is 16.0 Å². The average Bonchev–Trinajstić information content (AvgIpc) is 2.96. The molecule has 1 aromatic carbocycles. The van der Waals surface area contributed by atoms with Crippen LogP contribution in [0.15, 0.2) is 34.7 Å². The summed E-state index contributed by atoms with van der Waals surface area (Å²) in [7, 11) is -3.46. The smallest absolute Gasteiger partial charge is 0.194 e. The van der Waals surface area contributed by atoms with Crippen molar-refractivity contribution in [1.82, 2.24) is 9.38 Å². The summed E-state index contributed by atoms with van der Waals surface area (Å²) in [6, 6.07) is 4.44. The van der Waals surface area contributed by atoms with Crippen LogP contribution in [0.3, 0.4) is 0 Å². The number of aldehydes is 1. The fourth-order valence-corrected chi connectivity index (χ4v) is 3.89. The maximum absolute atomic E-state index is 11.9. The zero-order chi connectivity index (χ0) is 15.2. The third kappa shape index (κ3) is 2.37. The fraction of sp³-hybridized carbons (Fsp3) is 0.0769. The average molecular weight is 341 g/mol. The Kier molecular flexibility index (Phi) is 3.35. The van der Waals surface area contributed by atoms with Crippen molar-refractivity contribution in [3.8, 4) is 11.3 Å². The molecule has 0 saturated heterocycles. The van der Waals surface area contributed by atoms with Crippen LogP contribution in [0.1, 0.15) is 10.5 Å². The Hall–Kier alpha value is -1.70. The number of nitrogens with zero attached hydrogens (tertiary/aromatic N) is 2. The largest absolute Gasteiger partial charge is 0.296 e. The molecule has 8 heteroatoms. The van der Waals surface area contributed by atoms with Crippen LogP contribution in [0.4, 0.5) is 0 Å². The SMILES string of the molecule is CS(=O)(=O)c1ccc(Cl)cc1-c1nc2sccn2c1C=O. The first-order valence-corrected chi connectivity index (χ1v) is 8.97. The van der Waals surface area contributed by atoms with Crippen molar-refractivity contribution in [1.29, 1.82) is 0 Å². The number of carbonyl (C=O) groups excluding carboxylic acids is 1. The fourth-order valence-electron chi connectivity index (χ4n) is 2.12. The van der Waals surface area contributed by atoms with E-state index in [9.17, 15) is 13.2 Å². The normalized spacial score (nSPS) is 11.9. The third-order valence-corrected chi connectivity index (χ3v) is 5.15. The Morgan fingerprint density at radius 3 is 2.81 bits per heavy atom. The molecular formula is C13H9ClN2O3S2.